The summed E-state index contributed by atoms with van der Waals surface area (Å²) in [5.41, 5.74) is 1.13. The molecular formula is C20H19ClN4O5. The fourth-order valence-corrected chi connectivity index (χ4v) is 3.28. The van der Waals surface area contributed by atoms with Crippen LogP contribution in [0.15, 0.2) is 53.7 Å². The molecule has 2 aromatic carbocycles. The molecule has 0 saturated carbocycles. The van der Waals surface area contributed by atoms with Crippen LogP contribution in [0.1, 0.15) is 25.5 Å². The number of benzene rings is 2. The Morgan fingerprint density at radius 3 is 2.60 bits per heavy atom. The minimum atomic E-state index is -0.891. The Morgan fingerprint density at radius 1 is 1.27 bits per heavy atom. The highest BCUT2D eigenvalue weighted by Gasteiger charge is 2.32. The van der Waals surface area contributed by atoms with Gasteiger partial charge in [0.25, 0.3) is 11.6 Å². The summed E-state index contributed by atoms with van der Waals surface area (Å²) in [4.78, 5) is 35.6. The van der Waals surface area contributed by atoms with Crippen LogP contribution in [-0.2, 0) is 4.79 Å². The molecule has 0 unspecified atom stereocenters. The Hall–Kier alpha value is -3.59. The van der Waals surface area contributed by atoms with Crippen molar-refractivity contribution in [1.82, 2.24) is 10.6 Å². The van der Waals surface area contributed by atoms with E-state index in [1.54, 1.807) is 31.2 Å². The van der Waals surface area contributed by atoms with Crippen LogP contribution in [-0.4, -0.2) is 23.5 Å². The second-order valence-corrected chi connectivity index (χ2v) is 6.86. The zero-order valence-corrected chi connectivity index (χ0v) is 16.9. The quantitative estimate of drug-likeness (QED) is 0.473. The van der Waals surface area contributed by atoms with Gasteiger partial charge >= 0.3 is 6.03 Å². The van der Waals surface area contributed by atoms with E-state index in [4.69, 9.17) is 16.3 Å². The molecule has 10 heteroatoms. The van der Waals surface area contributed by atoms with Gasteiger partial charge in [0.2, 0.25) is 0 Å². The summed E-state index contributed by atoms with van der Waals surface area (Å²) in [6.07, 6.45) is 0. The molecule has 3 rings (SSSR count). The van der Waals surface area contributed by atoms with E-state index in [9.17, 15) is 19.7 Å². The van der Waals surface area contributed by atoms with Crippen LogP contribution >= 0.6 is 11.6 Å². The molecule has 3 amide bonds. The number of ether oxygens (including phenoxy) is 1. The minimum Gasteiger partial charge on any atom is -0.494 e. The smallest absolute Gasteiger partial charge is 0.319 e. The summed E-state index contributed by atoms with van der Waals surface area (Å²) in [7, 11) is 0. The van der Waals surface area contributed by atoms with Gasteiger partial charge in [0, 0.05) is 17.5 Å². The van der Waals surface area contributed by atoms with Gasteiger partial charge in [0.1, 0.15) is 10.8 Å². The molecule has 156 valence electrons. The van der Waals surface area contributed by atoms with Crippen molar-refractivity contribution in [3.05, 3.63) is 74.4 Å². The number of nitro groups is 1. The van der Waals surface area contributed by atoms with E-state index in [0.717, 1.165) is 0 Å². The first kappa shape index (κ1) is 21.1. The second kappa shape index (κ2) is 8.83. The lowest BCUT2D eigenvalue weighted by molar-refractivity contribution is -0.384. The summed E-state index contributed by atoms with van der Waals surface area (Å²) < 4.78 is 5.38. The molecule has 0 aliphatic carbocycles. The van der Waals surface area contributed by atoms with Gasteiger partial charge in [-0.25, -0.2) is 4.79 Å². The molecule has 0 fully saturated rings. The van der Waals surface area contributed by atoms with Gasteiger partial charge in [-0.1, -0.05) is 17.7 Å². The third-order valence-electron chi connectivity index (χ3n) is 4.44. The molecule has 0 bridgehead atoms. The number of allylic oxidation sites excluding steroid dienone is 1. The molecule has 0 radical (unpaired) electrons. The first-order chi connectivity index (χ1) is 14.3. The van der Waals surface area contributed by atoms with Crippen molar-refractivity contribution in [3.8, 4) is 5.75 Å². The maximum absolute atomic E-state index is 13.0. The third kappa shape index (κ3) is 4.52. The molecule has 0 spiro atoms. The van der Waals surface area contributed by atoms with E-state index in [1.165, 1.54) is 18.2 Å². The van der Waals surface area contributed by atoms with Crippen LogP contribution in [0, 0.1) is 10.1 Å². The highest BCUT2D eigenvalue weighted by molar-refractivity contribution is 6.32. The lowest BCUT2D eigenvalue weighted by Crippen LogP contribution is -2.46. The Labute approximate surface area is 177 Å². The lowest BCUT2D eigenvalue weighted by atomic mass is 9.94. The van der Waals surface area contributed by atoms with Crippen LogP contribution in [0.25, 0.3) is 0 Å². The maximum Gasteiger partial charge on any atom is 0.319 e. The van der Waals surface area contributed by atoms with E-state index < -0.39 is 22.9 Å². The average molecular weight is 431 g/mol. The van der Waals surface area contributed by atoms with Crippen molar-refractivity contribution in [3.63, 3.8) is 0 Å². The Morgan fingerprint density at radius 2 is 1.97 bits per heavy atom. The van der Waals surface area contributed by atoms with Gasteiger partial charge in [0.05, 0.1) is 23.1 Å². The van der Waals surface area contributed by atoms with Crippen molar-refractivity contribution in [2.24, 2.45) is 0 Å². The standard InChI is InChI=1S/C20H19ClN4O5/c1-3-30-14-7-5-13(6-8-14)23-19(26)17-11(2)22-20(27)24-18(17)12-4-9-15(21)16(10-12)25(28)29/h4-10,18H,3H2,1-2H3,(H,23,26)(H2,22,24,27)/t18-/m0/s1. The molecule has 3 N–H and O–H groups in total. The molecular weight excluding hydrogens is 412 g/mol. The van der Waals surface area contributed by atoms with Crippen molar-refractivity contribution < 1.29 is 19.2 Å². The predicted molar refractivity (Wildman–Crippen MR) is 111 cm³/mol. The molecule has 1 atom stereocenters. The Kier molecular flexibility index (Phi) is 6.22. The summed E-state index contributed by atoms with van der Waals surface area (Å²) in [5, 5.41) is 19.2. The fraction of sp³-hybridized carbons (Fsp3) is 0.200. The number of carbonyl (C=O) groups excluding carboxylic acids is 2. The normalized spacial score (nSPS) is 15.8. The van der Waals surface area contributed by atoms with E-state index in [0.29, 0.717) is 29.3 Å². The Bertz CT molecular complexity index is 1040. The Balaban J connectivity index is 1.92. The number of nitro benzene ring substituents is 1. The number of halogens is 1. The number of hydrogen-bond acceptors (Lipinski definition) is 5. The first-order valence-electron chi connectivity index (χ1n) is 9.06. The minimum absolute atomic E-state index is 0.0369. The molecule has 2 aromatic rings. The second-order valence-electron chi connectivity index (χ2n) is 6.45. The molecule has 1 aliphatic heterocycles. The predicted octanol–water partition coefficient (Wildman–Crippen LogP) is 3.91. The van der Waals surface area contributed by atoms with Crippen LogP contribution < -0.4 is 20.7 Å². The van der Waals surface area contributed by atoms with E-state index in [-0.39, 0.29) is 16.3 Å². The topological polar surface area (TPSA) is 123 Å². The summed E-state index contributed by atoms with van der Waals surface area (Å²) in [5.74, 6) is 0.204. The number of urea groups is 1. The van der Waals surface area contributed by atoms with Gasteiger partial charge in [-0.2, -0.15) is 0 Å². The summed E-state index contributed by atoms with van der Waals surface area (Å²) in [6.45, 7) is 3.98. The van der Waals surface area contributed by atoms with Crippen molar-refractivity contribution in [2.75, 3.05) is 11.9 Å². The van der Waals surface area contributed by atoms with Gasteiger partial charge in [-0.3, -0.25) is 14.9 Å². The lowest BCUT2D eigenvalue weighted by Gasteiger charge is -2.28. The van der Waals surface area contributed by atoms with Gasteiger partial charge in [-0.05, 0) is 49.7 Å². The van der Waals surface area contributed by atoms with Gasteiger partial charge in [-0.15, -0.1) is 0 Å². The van der Waals surface area contributed by atoms with E-state index in [1.807, 2.05) is 6.92 Å². The largest absolute Gasteiger partial charge is 0.494 e. The van der Waals surface area contributed by atoms with Crippen LogP contribution in [0.3, 0.4) is 0 Å². The van der Waals surface area contributed by atoms with E-state index in [2.05, 4.69) is 16.0 Å². The number of amides is 3. The summed E-state index contributed by atoms with van der Waals surface area (Å²) >= 11 is 5.89. The van der Waals surface area contributed by atoms with Crippen LogP contribution in [0.5, 0.6) is 5.75 Å². The molecule has 9 nitrogen and oxygen atoms in total. The molecule has 1 heterocycles. The SMILES string of the molecule is CCOc1ccc(NC(=O)C2=C(C)NC(=O)N[C@H]2c2ccc(Cl)c([N+](=O)[O-])c2)cc1. The number of hydrogen-bond donors (Lipinski definition) is 3. The number of carbonyl (C=O) groups is 2. The molecule has 1 aliphatic rings. The number of anilines is 1. The molecule has 0 aromatic heterocycles. The van der Waals surface area contributed by atoms with E-state index >= 15 is 0 Å². The zero-order valence-electron chi connectivity index (χ0n) is 16.2. The number of rotatable bonds is 6. The first-order valence-corrected chi connectivity index (χ1v) is 9.44. The highest BCUT2D eigenvalue weighted by Crippen LogP contribution is 2.33. The fourth-order valence-electron chi connectivity index (χ4n) is 3.09. The third-order valence-corrected chi connectivity index (χ3v) is 4.76. The average Bonchev–Trinajstić information content (AvgIpc) is 2.69. The van der Waals surface area contributed by atoms with Crippen molar-refractivity contribution in [2.45, 2.75) is 19.9 Å². The van der Waals surface area contributed by atoms with Crippen molar-refractivity contribution >= 4 is 34.9 Å². The maximum atomic E-state index is 13.0. The molecule has 0 saturated heterocycles. The van der Waals surface area contributed by atoms with Crippen LogP contribution in [0.4, 0.5) is 16.2 Å². The molecule has 30 heavy (non-hydrogen) atoms. The monoisotopic (exact) mass is 430 g/mol. The number of nitrogens with one attached hydrogen (secondary N) is 3. The van der Waals surface area contributed by atoms with Gasteiger partial charge < -0.3 is 20.7 Å². The highest BCUT2D eigenvalue weighted by atomic mass is 35.5. The van der Waals surface area contributed by atoms with Crippen LogP contribution in [0.2, 0.25) is 5.02 Å². The van der Waals surface area contributed by atoms with Gasteiger partial charge in [0.15, 0.2) is 0 Å². The summed E-state index contributed by atoms with van der Waals surface area (Å²) in [6, 6.07) is 9.55. The number of nitrogens with zero attached hydrogens (tertiary/aromatic N) is 1. The zero-order chi connectivity index (χ0) is 21.8. The van der Waals surface area contributed by atoms with Crippen molar-refractivity contribution in [1.29, 1.82) is 0 Å².